The molecule has 0 saturated heterocycles. The van der Waals surface area contributed by atoms with Crippen LogP contribution in [0.4, 0.5) is 0 Å². The van der Waals surface area contributed by atoms with Crippen LogP contribution in [0.2, 0.25) is 9.36 Å². The zero-order valence-electron chi connectivity index (χ0n) is 9.75. The molecular weight excluding hydrogens is 359 g/mol. The van der Waals surface area contributed by atoms with E-state index in [9.17, 15) is 0 Å². The van der Waals surface area contributed by atoms with Crippen LogP contribution in [-0.2, 0) is 27.9 Å². The van der Waals surface area contributed by atoms with Gasteiger partial charge in [0, 0.05) is 0 Å². The second-order valence-electron chi connectivity index (χ2n) is 4.67. The zero-order valence-corrected chi connectivity index (χ0v) is 13.3. The molecule has 0 nitrogen and oxygen atoms in total. The van der Waals surface area contributed by atoms with Gasteiger partial charge in [-0.3, -0.25) is 0 Å². The van der Waals surface area contributed by atoms with Gasteiger partial charge in [0.15, 0.2) is 0 Å². The first-order valence-corrected chi connectivity index (χ1v) is 14.8. The number of hydrogen-bond donors (Lipinski definition) is 0. The summed E-state index contributed by atoms with van der Waals surface area (Å²) in [5.41, 5.74) is 6.11. The summed E-state index contributed by atoms with van der Waals surface area (Å²) < 4.78 is 6.70. The molecule has 1 heteroatoms. The standard InChI is InChI=1S/C13H9.2CH3.Hf/c1-3-7-12-10(5-1)9-11-6-2-4-8-13(11)12;;;/h1-5,7-8H,9H2;2*1H3;. The van der Waals surface area contributed by atoms with E-state index in [2.05, 4.69) is 51.8 Å². The second-order valence-corrected chi connectivity index (χ2v) is 13.8. The number of benzene rings is 2. The van der Waals surface area contributed by atoms with Crippen LogP contribution in [0.1, 0.15) is 11.1 Å². The van der Waals surface area contributed by atoms with Crippen LogP contribution in [0.5, 0.6) is 0 Å². The summed E-state index contributed by atoms with van der Waals surface area (Å²) >= 11 is -1.41. The van der Waals surface area contributed by atoms with E-state index < -0.39 is 21.4 Å². The van der Waals surface area contributed by atoms with E-state index in [-0.39, 0.29) is 0 Å². The molecule has 1 aliphatic carbocycles. The summed E-state index contributed by atoms with van der Waals surface area (Å²) in [6.45, 7) is 0. The van der Waals surface area contributed by atoms with Gasteiger partial charge in [-0.25, -0.2) is 0 Å². The summed E-state index contributed by atoms with van der Waals surface area (Å²) in [7, 11) is 0. The number of hydrogen-bond acceptors (Lipinski definition) is 0. The fourth-order valence-corrected chi connectivity index (χ4v) is 7.14. The number of rotatable bonds is 1. The monoisotopic (exact) mass is 375 g/mol. The Morgan fingerprint density at radius 1 is 0.875 bits per heavy atom. The third-order valence-corrected chi connectivity index (χ3v) is 8.94. The van der Waals surface area contributed by atoms with E-state index >= 15 is 0 Å². The topological polar surface area (TPSA) is 0 Å². The Morgan fingerprint density at radius 2 is 1.62 bits per heavy atom. The van der Waals surface area contributed by atoms with E-state index in [0.717, 1.165) is 6.42 Å². The molecule has 3 rings (SSSR count). The Bertz CT molecular complexity index is 541. The van der Waals surface area contributed by atoms with Crippen LogP contribution < -0.4 is 3.32 Å². The zero-order chi connectivity index (χ0) is 11.1. The Kier molecular flexibility index (Phi) is 2.59. The SMILES string of the molecule is [CH3][Hf]([CH3])[c]1cccc2c1Cc1ccccc1-2. The Labute approximate surface area is 105 Å². The van der Waals surface area contributed by atoms with Gasteiger partial charge in [-0.2, -0.15) is 0 Å². The van der Waals surface area contributed by atoms with Crippen molar-refractivity contribution in [2.24, 2.45) is 0 Å². The Balaban J connectivity index is 2.24. The molecule has 0 saturated carbocycles. The minimum atomic E-state index is -1.41. The third kappa shape index (κ3) is 1.53. The fraction of sp³-hybridized carbons (Fsp3) is 0.200. The van der Waals surface area contributed by atoms with E-state index in [4.69, 9.17) is 0 Å². The van der Waals surface area contributed by atoms with E-state index in [1.807, 2.05) is 0 Å². The predicted molar refractivity (Wildman–Crippen MR) is 66.0 cm³/mol. The van der Waals surface area contributed by atoms with Crippen LogP contribution in [-0.4, -0.2) is 0 Å². The molecule has 0 spiro atoms. The molecule has 79 valence electrons. The predicted octanol–water partition coefficient (Wildman–Crippen LogP) is 3.60. The van der Waals surface area contributed by atoms with Crippen molar-refractivity contribution in [3.05, 3.63) is 53.6 Å². The average molecular weight is 374 g/mol. The third-order valence-electron chi connectivity index (χ3n) is 3.39. The van der Waals surface area contributed by atoms with E-state index in [0.29, 0.717) is 0 Å². The van der Waals surface area contributed by atoms with Crippen molar-refractivity contribution in [2.75, 3.05) is 0 Å². The van der Waals surface area contributed by atoms with Gasteiger partial charge in [-0.05, 0) is 0 Å². The Hall–Kier alpha value is -0.690. The first kappa shape index (κ1) is 10.5. The summed E-state index contributed by atoms with van der Waals surface area (Å²) in [4.78, 5) is 0. The molecule has 0 heterocycles. The van der Waals surface area contributed by atoms with Crippen LogP contribution >= 0.6 is 0 Å². The first-order valence-electron chi connectivity index (χ1n) is 5.78. The summed E-state index contributed by atoms with van der Waals surface area (Å²) in [5, 5.41) is 0. The van der Waals surface area contributed by atoms with Gasteiger partial charge >= 0.3 is 105 Å². The first-order chi connectivity index (χ1) is 7.77. The molecule has 2 aromatic rings. The molecule has 16 heavy (non-hydrogen) atoms. The fourth-order valence-electron chi connectivity index (χ4n) is 2.63. The molecule has 0 aromatic heterocycles. The molecule has 0 atom stereocenters. The maximum absolute atomic E-state index is 2.49. The van der Waals surface area contributed by atoms with Gasteiger partial charge in [0.25, 0.3) is 0 Å². The van der Waals surface area contributed by atoms with Crippen molar-refractivity contribution in [3.63, 3.8) is 0 Å². The summed E-state index contributed by atoms with van der Waals surface area (Å²) in [6.07, 6.45) is 1.16. The number of fused-ring (bicyclic) bond motifs is 3. The van der Waals surface area contributed by atoms with Crippen LogP contribution in [0.15, 0.2) is 42.5 Å². The van der Waals surface area contributed by atoms with Crippen molar-refractivity contribution in [1.29, 1.82) is 0 Å². The van der Waals surface area contributed by atoms with Gasteiger partial charge in [0.2, 0.25) is 0 Å². The van der Waals surface area contributed by atoms with Gasteiger partial charge in [0.1, 0.15) is 0 Å². The second kappa shape index (κ2) is 3.96. The quantitative estimate of drug-likeness (QED) is 0.572. The normalized spacial score (nSPS) is 12.1. The van der Waals surface area contributed by atoms with E-state index in [1.54, 1.807) is 8.88 Å². The van der Waals surface area contributed by atoms with Crippen molar-refractivity contribution in [3.8, 4) is 11.1 Å². The van der Waals surface area contributed by atoms with E-state index in [1.165, 1.54) is 16.7 Å². The van der Waals surface area contributed by atoms with Crippen molar-refractivity contribution in [2.45, 2.75) is 15.8 Å². The van der Waals surface area contributed by atoms with Crippen LogP contribution in [0.25, 0.3) is 11.1 Å². The molecule has 0 radical (unpaired) electrons. The molecule has 0 bridgehead atoms. The molecular formula is C15H15Hf. The van der Waals surface area contributed by atoms with Gasteiger partial charge in [-0.1, -0.05) is 0 Å². The molecule has 0 fully saturated rings. The van der Waals surface area contributed by atoms with Gasteiger partial charge < -0.3 is 0 Å². The van der Waals surface area contributed by atoms with Crippen molar-refractivity contribution in [1.82, 2.24) is 0 Å². The molecule has 0 aliphatic heterocycles. The molecule has 0 N–H and O–H groups in total. The van der Waals surface area contributed by atoms with Gasteiger partial charge in [-0.15, -0.1) is 0 Å². The molecule has 2 aromatic carbocycles. The Morgan fingerprint density at radius 3 is 2.44 bits per heavy atom. The van der Waals surface area contributed by atoms with Crippen LogP contribution in [0.3, 0.4) is 0 Å². The van der Waals surface area contributed by atoms with Crippen LogP contribution in [0, 0.1) is 0 Å². The maximum atomic E-state index is 2.49. The molecule has 1 aliphatic rings. The average Bonchev–Trinajstić information content (AvgIpc) is 2.67. The molecule has 0 amide bonds. The van der Waals surface area contributed by atoms with Crippen molar-refractivity contribution < 1.29 is 21.4 Å². The summed E-state index contributed by atoms with van der Waals surface area (Å²) in [6, 6.07) is 15.7. The minimum absolute atomic E-state index is 1.16. The summed E-state index contributed by atoms with van der Waals surface area (Å²) in [5.74, 6) is 0. The van der Waals surface area contributed by atoms with Crippen molar-refractivity contribution >= 4 is 3.32 Å². The van der Waals surface area contributed by atoms with Gasteiger partial charge in [0.05, 0.1) is 0 Å². The molecule has 0 unspecified atom stereocenters.